The van der Waals surface area contributed by atoms with Crippen LogP contribution in [0.1, 0.15) is 11.1 Å². The number of hydrogen-bond donors (Lipinski definition) is 1. The zero-order valence-corrected chi connectivity index (χ0v) is 21.3. The largest absolute Gasteiger partial charge is 0.359 e. The van der Waals surface area contributed by atoms with Crippen molar-refractivity contribution in [2.75, 3.05) is 21.7 Å². The summed E-state index contributed by atoms with van der Waals surface area (Å²) in [6, 6.07) is 24.8. The highest BCUT2D eigenvalue weighted by Crippen LogP contribution is 2.33. The highest BCUT2D eigenvalue weighted by molar-refractivity contribution is 7.81. The van der Waals surface area contributed by atoms with Gasteiger partial charge in [0.1, 0.15) is 10.9 Å². The van der Waals surface area contributed by atoms with Gasteiger partial charge in [0, 0.05) is 12.1 Å². The van der Waals surface area contributed by atoms with Gasteiger partial charge in [-0.25, -0.2) is 0 Å². The lowest BCUT2D eigenvalue weighted by atomic mass is 10.0. The topological polar surface area (TPSA) is 78.4 Å². The molecule has 0 spiro atoms. The molecule has 0 atom stereocenters. The molecule has 1 fully saturated rings. The second kappa shape index (κ2) is 9.96. The number of thiocarbonyl (C=S) groups is 1. The molecule has 1 aliphatic heterocycles. The van der Waals surface area contributed by atoms with Gasteiger partial charge in [-0.1, -0.05) is 78.1 Å². The molecule has 1 saturated heterocycles. The van der Waals surface area contributed by atoms with Gasteiger partial charge >= 0.3 is 0 Å². The molecule has 180 valence electrons. The number of carbonyl (C=O) groups is 2. The van der Waals surface area contributed by atoms with Crippen molar-refractivity contribution in [1.29, 1.82) is 0 Å². The SMILES string of the molecule is Cc1ccccc1N1C(=O)C(CNc2nnc(-c3ccccc3)s2)C(=O)N(c2ccccc2C)C1=S. The quantitative estimate of drug-likeness (QED) is 0.282. The van der Waals surface area contributed by atoms with Crippen LogP contribution in [0.2, 0.25) is 0 Å². The van der Waals surface area contributed by atoms with Gasteiger partial charge in [-0.2, -0.15) is 0 Å². The van der Waals surface area contributed by atoms with Gasteiger partial charge in [0.15, 0.2) is 5.11 Å². The highest BCUT2D eigenvalue weighted by atomic mass is 32.1. The maximum atomic E-state index is 13.7. The fourth-order valence-corrected chi connectivity index (χ4v) is 5.27. The number of rotatable bonds is 6. The Balaban J connectivity index is 1.48. The number of aromatic nitrogens is 2. The van der Waals surface area contributed by atoms with E-state index in [0.717, 1.165) is 21.7 Å². The van der Waals surface area contributed by atoms with Crippen LogP contribution in [0.4, 0.5) is 16.5 Å². The Morgan fingerprint density at radius 1 is 0.806 bits per heavy atom. The van der Waals surface area contributed by atoms with Crippen LogP contribution in [0.5, 0.6) is 0 Å². The van der Waals surface area contributed by atoms with Crippen molar-refractivity contribution in [3.63, 3.8) is 0 Å². The number of aryl methyl sites for hydroxylation is 2. The van der Waals surface area contributed by atoms with Crippen LogP contribution in [0.25, 0.3) is 10.6 Å². The highest BCUT2D eigenvalue weighted by Gasteiger charge is 2.45. The normalized spacial score (nSPS) is 14.4. The average Bonchev–Trinajstić information content (AvgIpc) is 3.36. The van der Waals surface area contributed by atoms with Crippen molar-refractivity contribution in [1.82, 2.24) is 10.2 Å². The van der Waals surface area contributed by atoms with Crippen LogP contribution < -0.4 is 15.1 Å². The van der Waals surface area contributed by atoms with E-state index in [4.69, 9.17) is 12.2 Å². The van der Waals surface area contributed by atoms with Crippen LogP contribution in [-0.2, 0) is 9.59 Å². The van der Waals surface area contributed by atoms with Crippen molar-refractivity contribution in [3.05, 3.63) is 90.0 Å². The third-order valence-electron chi connectivity index (χ3n) is 6.04. The molecule has 3 aromatic carbocycles. The summed E-state index contributed by atoms with van der Waals surface area (Å²) in [5.41, 5.74) is 4.04. The van der Waals surface area contributed by atoms with Crippen molar-refractivity contribution in [2.24, 2.45) is 5.92 Å². The third kappa shape index (κ3) is 4.38. The minimum absolute atomic E-state index is 0.0640. The van der Waals surface area contributed by atoms with E-state index in [1.807, 2.05) is 92.7 Å². The molecule has 0 unspecified atom stereocenters. The van der Waals surface area contributed by atoms with Gasteiger partial charge in [-0.05, 0) is 49.3 Å². The molecule has 5 rings (SSSR count). The summed E-state index contributed by atoms with van der Waals surface area (Å²) in [4.78, 5) is 30.4. The van der Waals surface area contributed by atoms with Gasteiger partial charge in [-0.3, -0.25) is 19.4 Å². The smallest absolute Gasteiger partial charge is 0.247 e. The zero-order valence-electron chi connectivity index (χ0n) is 19.7. The standard InChI is InChI=1S/C27H23N5O2S2/c1-17-10-6-8-14-21(17)31-24(33)20(25(34)32(27(31)35)22-15-9-7-11-18(22)2)16-28-26-30-29-23(36-26)19-12-4-3-5-13-19/h3-15,20H,16H2,1-2H3,(H,28,30). The predicted octanol–water partition coefficient (Wildman–Crippen LogP) is 5.21. The summed E-state index contributed by atoms with van der Waals surface area (Å²) in [6.45, 7) is 3.90. The number of nitrogens with zero attached hydrogens (tertiary/aromatic N) is 4. The van der Waals surface area contributed by atoms with Crippen molar-refractivity contribution in [2.45, 2.75) is 13.8 Å². The molecule has 2 amide bonds. The lowest BCUT2D eigenvalue weighted by molar-refractivity contribution is -0.131. The molecule has 36 heavy (non-hydrogen) atoms. The molecule has 1 aromatic heterocycles. The maximum absolute atomic E-state index is 13.7. The molecular formula is C27H23N5O2S2. The average molecular weight is 514 g/mol. The fourth-order valence-electron chi connectivity index (χ4n) is 4.13. The van der Waals surface area contributed by atoms with E-state index in [-0.39, 0.29) is 23.5 Å². The summed E-state index contributed by atoms with van der Waals surface area (Å²) in [7, 11) is 0. The van der Waals surface area contributed by atoms with Crippen LogP contribution in [-0.4, -0.2) is 33.7 Å². The first-order chi connectivity index (χ1) is 17.5. The van der Waals surface area contributed by atoms with Crippen LogP contribution in [0.3, 0.4) is 0 Å². The molecule has 1 N–H and O–H groups in total. The molecule has 4 aromatic rings. The van der Waals surface area contributed by atoms with E-state index in [1.54, 1.807) is 0 Å². The van der Waals surface area contributed by atoms with Crippen LogP contribution in [0.15, 0.2) is 78.9 Å². The second-order valence-corrected chi connectivity index (χ2v) is 9.76. The third-order valence-corrected chi connectivity index (χ3v) is 7.33. The van der Waals surface area contributed by atoms with Crippen molar-refractivity contribution in [3.8, 4) is 10.6 Å². The lowest BCUT2D eigenvalue weighted by Crippen LogP contribution is -2.62. The zero-order chi connectivity index (χ0) is 25.2. The van der Waals surface area contributed by atoms with E-state index < -0.39 is 5.92 Å². The van der Waals surface area contributed by atoms with E-state index >= 15 is 0 Å². The van der Waals surface area contributed by atoms with Crippen LogP contribution in [0, 0.1) is 19.8 Å². The molecule has 1 aliphatic rings. The van der Waals surface area contributed by atoms with Gasteiger partial charge in [0.25, 0.3) is 0 Å². The van der Waals surface area contributed by atoms with Gasteiger partial charge < -0.3 is 5.32 Å². The predicted molar refractivity (Wildman–Crippen MR) is 147 cm³/mol. The fraction of sp³-hybridized carbons (Fsp3) is 0.148. The van der Waals surface area contributed by atoms with E-state index in [2.05, 4.69) is 15.5 Å². The molecule has 0 bridgehead atoms. The Kier molecular flexibility index (Phi) is 6.58. The molecule has 2 heterocycles. The van der Waals surface area contributed by atoms with Crippen LogP contribution >= 0.6 is 23.6 Å². The first-order valence-corrected chi connectivity index (χ1v) is 12.6. The Morgan fingerprint density at radius 3 is 1.89 bits per heavy atom. The van der Waals surface area contributed by atoms with Gasteiger partial charge in [-0.15, -0.1) is 10.2 Å². The first kappa shape index (κ1) is 23.8. The molecule has 0 aliphatic carbocycles. The number of carbonyl (C=O) groups excluding carboxylic acids is 2. The lowest BCUT2D eigenvalue weighted by Gasteiger charge is -2.40. The molecule has 7 nitrogen and oxygen atoms in total. The summed E-state index contributed by atoms with van der Waals surface area (Å²) in [6.07, 6.45) is 0. The number of para-hydroxylation sites is 2. The Labute approximate surface area is 218 Å². The minimum atomic E-state index is -1.00. The van der Waals surface area contributed by atoms with Gasteiger partial charge in [0.2, 0.25) is 16.9 Å². The summed E-state index contributed by atoms with van der Waals surface area (Å²) < 4.78 is 0. The summed E-state index contributed by atoms with van der Waals surface area (Å²) >= 11 is 7.11. The Morgan fingerprint density at radius 2 is 1.33 bits per heavy atom. The van der Waals surface area contributed by atoms with E-state index in [0.29, 0.717) is 16.5 Å². The summed E-state index contributed by atoms with van der Waals surface area (Å²) in [5.74, 6) is -1.74. The van der Waals surface area contributed by atoms with Crippen molar-refractivity contribution < 1.29 is 9.59 Å². The number of amides is 2. The molecule has 0 saturated carbocycles. The number of benzene rings is 3. The van der Waals surface area contributed by atoms with Gasteiger partial charge in [0.05, 0.1) is 11.4 Å². The Hall–Kier alpha value is -3.95. The summed E-state index contributed by atoms with van der Waals surface area (Å²) in [5, 5.41) is 13.0. The molecule has 0 radical (unpaired) electrons. The Bertz CT molecular complexity index is 1390. The van der Waals surface area contributed by atoms with E-state index in [1.165, 1.54) is 21.1 Å². The maximum Gasteiger partial charge on any atom is 0.247 e. The number of hydrogen-bond acceptors (Lipinski definition) is 7. The molecular weight excluding hydrogens is 490 g/mol. The van der Waals surface area contributed by atoms with Crippen molar-refractivity contribution >= 4 is 57.0 Å². The molecule has 9 heteroatoms. The number of nitrogens with one attached hydrogen (secondary N) is 1. The first-order valence-electron chi connectivity index (χ1n) is 11.4. The number of anilines is 3. The second-order valence-electron chi connectivity index (χ2n) is 8.41. The monoisotopic (exact) mass is 513 g/mol. The van der Waals surface area contributed by atoms with E-state index in [9.17, 15) is 9.59 Å². The minimum Gasteiger partial charge on any atom is -0.359 e.